The molecule has 0 fully saturated rings. The Morgan fingerprint density at radius 2 is 2.25 bits per heavy atom. The highest BCUT2D eigenvalue weighted by Gasteiger charge is 2.17. The zero-order valence-electron chi connectivity index (χ0n) is 11.7. The lowest BCUT2D eigenvalue weighted by molar-refractivity contribution is 0.101. The fourth-order valence-corrected chi connectivity index (χ4v) is 2.78. The Kier molecular flexibility index (Phi) is 3.54. The number of rotatable bonds is 4. The van der Waals surface area contributed by atoms with E-state index in [9.17, 15) is 4.79 Å². The Morgan fingerprint density at radius 3 is 3.00 bits per heavy atom. The van der Waals surface area contributed by atoms with Gasteiger partial charge in [-0.25, -0.2) is 4.98 Å². The molecule has 3 rings (SSSR count). The molecule has 1 aromatic heterocycles. The number of aromatic nitrogens is 2. The second-order valence-electron chi connectivity index (χ2n) is 5.29. The molecule has 1 aromatic carbocycles. The maximum absolute atomic E-state index is 11.5. The molecule has 0 bridgehead atoms. The molecule has 4 heteroatoms. The normalized spacial score (nSPS) is 14.2. The van der Waals surface area contributed by atoms with Crippen LogP contribution in [0.1, 0.15) is 29.3 Å². The summed E-state index contributed by atoms with van der Waals surface area (Å²) in [6.45, 7) is 4.62. The highest BCUT2D eigenvalue weighted by molar-refractivity contribution is 5.94. The molecule has 104 valence electrons. The van der Waals surface area contributed by atoms with Crippen molar-refractivity contribution in [1.29, 1.82) is 0 Å². The Labute approximate surface area is 119 Å². The monoisotopic (exact) mass is 269 g/mol. The molecule has 0 saturated carbocycles. The van der Waals surface area contributed by atoms with Gasteiger partial charge in [0.1, 0.15) is 0 Å². The molecule has 1 aliphatic heterocycles. The van der Waals surface area contributed by atoms with E-state index in [1.165, 1.54) is 11.3 Å². The summed E-state index contributed by atoms with van der Waals surface area (Å²) >= 11 is 0. The second kappa shape index (κ2) is 5.49. The van der Waals surface area contributed by atoms with Crippen LogP contribution in [0.5, 0.6) is 0 Å². The van der Waals surface area contributed by atoms with Gasteiger partial charge in [-0.05, 0) is 43.5 Å². The largest absolute Gasteiger partial charge is 0.370 e. The topological polar surface area (TPSA) is 38.1 Å². The van der Waals surface area contributed by atoms with Gasteiger partial charge in [0, 0.05) is 43.3 Å². The Hall–Kier alpha value is -2.10. The minimum absolute atomic E-state index is 0.142. The molecule has 0 atom stereocenters. The van der Waals surface area contributed by atoms with E-state index in [2.05, 4.69) is 26.6 Å². The first-order chi connectivity index (χ1) is 9.74. The number of nitrogens with zero attached hydrogens (tertiary/aromatic N) is 3. The van der Waals surface area contributed by atoms with Gasteiger partial charge in [0.2, 0.25) is 0 Å². The van der Waals surface area contributed by atoms with Gasteiger partial charge < -0.3 is 9.47 Å². The summed E-state index contributed by atoms with van der Waals surface area (Å²) in [5.74, 6) is 0.142. The number of hydrogen-bond acceptors (Lipinski definition) is 3. The van der Waals surface area contributed by atoms with Crippen LogP contribution >= 0.6 is 0 Å². The van der Waals surface area contributed by atoms with E-state index in [-0.39, 0.29) is 5.78 Å². The zero-order chi connectivity index (χ0) is 13.9. The van der Waals surface area contributed by atoms with Gasteiger partial charge in [-0.1, -0.05) is 0 Å². The summed E-state index contributed by atoms with van der Waals surface area (Å²) in [5, 5.41) is 0. The highest BCUT2D eigenvalue weighted by atomic mass is 16.1. The second-order valence-corrected chi connectivity index (χ2v) is 5.29. The van der Waals surface area contributed by atoms with Crippen LogP contribution in [0.4, 0.5) is 5.69 Å². The number of aryl methyl sites for hydroxylation is 1. The minimum Gasteiger partial charge on any atom is -0.370 e. The Balaban J connectivity index is 1.77. The molecule has 20 heavy (non-hydrogen) atoms. The standard InChI is InChI=1S/C16H19N3O/c1-13(20)14-4-5-16-15(11-14)3-2-7-19(16)10-9-18-8-6-17-12-18/h4-6,8,11-12H,2-3,7,9-10H2,1H3. The van der Waals surface area contributed by atoms with Gasteiger partial charge >= 0.3 is 0 Å². The molecule has 0 aliphatic carbocycles. The first-order valence-corrected chi connectivity index (χ1v) is 7.08. The van der Waals surface area contributed by atoms with Gasteiger partial charge in [0.05, 0.1) is 6.33 Å². The van der Waals surface area contributed by atoms with E-state index in [1.54, 1.807) is 6.92 Å². The molecule has 0 unspecified atom stereocenters. The molecular weight excluding hydrogens is 250 g/mol. The number of hydrogen-bond donors (Lipinski definition) is 0. The maximum Gasteiger partial charge on any atom is 0.159 e. The van der Waals surface area contributed by atoms with Crippen molar-refractivity contribution in [1.82, 2.24) is 9.55 Å². The zero-order valence-corrected chi connectivity index (χ0v) is 11.7. The predicted molar refractivity (Wildman–Crippen MR) is 79.2 cm³/mol. The van der Waals surface area contributed by atoms with E-state index in [0.29, 0.717) is 0 Å². The molecule has 1 aliphatic rings. The average Bonchev–Trinajstić information content (AvgIpc) is 2.97. The summed E-state index contributed by atoms with van der Waals surface area (Å²) < 4.78 is 2.10. The van der Waals surface area contributed by atoms with Gasteiger partial charge in [-0.3, -0.25) is 4.79 Å². The molecular formula is C16H19N3O. The third-order valence-corrected chi connectivity index (χ3v) is 3.89. The molecule has 0 N–H and O–H groups in total. The van der Waals surface area contributed by atoms with Crippen LogP contribution in [0.3, 0.4) is 0 Å². The molecule has 0 amide bonds. The number of Topliss-reactive ketones (excluding diaryl/α,β-unsaturated/α-hetero) is 1. The number of benzene rings is 1. The number of anilines is 1. The van der Waals surface area contributed by atoms with Crippen LogP contribution in [0.15, 0.2) is 36.9 Å². The van der Waals surface area contributed by atoms with Crippen molar-refractivity contribution >= 4 is 11.5 Å². The van der Waals surface area contributed by atoms with Gasteiger partial charge in [0.25, 0.3) is 0 Å². The van der Waals surface area contributed by atoms with E-state index in [1.807, 2.05) is 24.8 Å². The van der Waals surface area contributed by atoms with E-state index >= 15 is 0 Å². The number of carbonyl (C=O) groups is 1. The van der Waals surface area contributed by atoms with Gasteiger partial charge in [0.15, 0.2) is 5.78 Å². The van der Waals surface area contributed by atoms with Crippen LogP contribution in [-0.2, 0) is 13.0 Å². The number of ketones is 1. The van der Waals surface area contributed by atoms with Crippen molar-refractivity contribution in [3.05, 3.63) is 48.0 Å². The summed E-state index contributed by atoms with van der Waals surface area (Å²) in [7, 11) is 0. The summed E-state index contributed by atoms with van der Waals surface area (Å²) in [4.78, 5) is 17.9. The predicted octanol–water partition coefficient (Wildman–Crippen LogP) is 2.54. The first-order valence-electron chi connectivity index (χ1n) is 7.08. The van der Waals surface area contributed by atoms with Crippen molar-refractivity contribution in [3.8, 4) is 0 Å². The molecule has 2 aromatic rings. The fourth-order valence-electron chi connectivity index (χ4n) is 2.78. The summed E-state index contributed by atoms with van der Waals surface area (Å²) in [6, 6.07) is 6.09. The van der Waals surface area contributed by atoms with Crippen LogP contribution < -0.4 is 4.90 Å². The van der Waals surface area contributed by atoms with E-state index in [0.717, 1.165) is 38.0 Å². The van der Waals surface area contributed by atoms with Gasteiger partial charge in [-0.2, -0.15) is 0 Å². The number of imidazole rings is 1. The fraction of sp³-hybridized carbons (Fsp3) is 0.375. The van der Waals surface area contributed by atoms with Crippen LogP contribution in [0, 0.1) is 0 Å². The number of fused-ring (bicyclic) bond motifs is 1. The molecule has 4 nitrogen and oxygen atoms in total. The van der Waals surface area contributed by atoms with Crippen LogP contribution in [0.25, 0.3) is 0 Å². The molecule has 2 heterocycles. The third-order valence-electron chi connectivity index (χ3n) is 3.89. The summed E-state index contributed by atoms with van der Waals surface area (Å²) in [5.41, 5.74) is 3.40. The summed E-state index contributed by atoms with van der Waals surface area (Å²) in [6.07, 6.45) is 7.87. The smallest absolute Gasteiger partial charge is 0.159 e. The van der Waals surface area contributed by atoms with Crippen molar-refractivity contribution < 1.29 is 4.79 Å². The molecule has 0 saturated heterocycles. The Morgan fingerprint density at radius 1 is 1.35 bits per heavy atom. The van der Waals surface area contributed by atoms with Gasteiger partial charge in [-0.15, -0.1) is 0 Å². The minimum atomic E-state index is 0.142. The van der Waals surface area contributed by atoms with E-state index < -0.39 is 0 Å². The molecule has 0 spiro atoms. The number of carbonyl (C=O) groups excluding carboxylic acids is 1. The average molecular weight is 269 g/mol. The maximum atomic E-state index is 11.5. The van der Waals surface area contributed by atoms with Crippen LogP contribution in [0.2, 0.25) is 0 Å². The van der Waals surface area contributed by atoms with Crippen molar-refractivity contribution in [2.24, 2.45) is 0 Å². The lowest BCUT2D eigenvalue weighted by Gasteiger charge is -2.31. The van der Waals surface area contributed by atoms with Crippen LogP contribution in [-0.4, -0.2) is 28.4 Å². The van der Waals surface area contributed by atoms with Crippen molar-refractivity contribution in [3.63, 3.8) is 0 Å². The quantitative estimate of drug-likeness (QED) is 0.801. The SMILES string of the molecule is CC(=O)c1ccc2c(c1)CCCN2CCn1ccnc1. The first kappa shape index (κ1) is 12.9. The third kappa shape index (κ3) is 2.59. The lowest BCUT2D eigenvalue weighted by Crippen LogP contribution is -2.32. The highest BCUT2D eigenvalue weighted by Crippen LogP contribution is 2.28. The van der Waals surface area contributed by atoms with E-state index in [4.69, 9.17) is 0 Å². The van der Waals surface area contributed by atoms with Crippen molar-refractivity contribution in [2.75, 3.05) is 18.0 Å². The van der Waals surface area contributed by atoms with Crippen molar-refractivity contribution in [2.45, 2.75) is 26.3 Å². The Bertz CT molecular complexity index is 604. The molecule has 0 radical (unpaired) electrons. The lowest BCUT2D eigenvalue weighted by atomic mass is 9.98.